The number of benzene rings is 1. The Labute approximate surface area is 104 Å². The first-order chi connectivity index (χ1) is 8.40. The van der Waals surface area contributed by atoms with Gasteiger partial charge < -0.3 is 9.84 Å². The quantitative estimate of drug-likeness (QED) is 0.852. The molecule has 1 rings (SSSR count). The van der Waals surface area contributed by atoms with Crippen molar-refractivity contribution >= 4 is 0 Å². The second-order valence-corrected chi connectivity index (χ2v) is 4.18. The van der Waals surface area contributed by atoms with E-state index >= 15 is 0 Å². The summed E-state index contributed by atoms with van der Waals surface area (Å²) in [4.78, 5) is 0. The third kappa shape index (κ3) is 5.91. The van der Waals surface area contributed by atoms with E-state index in [9.17, 15) is 13.2 Å². The Morgan fingerprint density at radius 1 is 1.22 bits per heavy atom. The van der Waals surface area contributed by atoms with Crippen LogP contribution >= 0.6 is 0 Å². The lowest BCUT2D eigenvalue weighted by molar-refractivity contribution is -0.156. The normalized spacial score (nSPS) is 13.4. The topological polar surface area (TPSA) is 29.5 Å². The summed E-state index contributed by atoms with van der Waals surface area (Å²) in [5, 5.41) is 9.14. The predicted octanol–water partition coefficient (Wildman–Crippen LogP) is 3.33. The summed E-state index contributed by atoms with van der Waals surface area (Å²) in [5.74, 6) is 0.469. The third-order valence-electron chi connectivity index (χ3n) is 2.37. The Balaban J connectivity index is 2.39. The van der Waals surface area contributed by atoms with Crippen LogP contribution in [0.3, 0.4) is 0 Å². The highest BCUT2D eigenvalue weighted by atomic mass is 19.4. The summed E-state index contributed by atoms with van der Waals surface area (Å²) in [7, 11) is 0. The van der Waals surface area contributed by atoms with E-state index in [1.807, 2.05) is 12.1 Å². The van der Waals surface area contributed by atoms with E-state index < -0.39 is 18.7 Å². The lowest BCUT2D eigenvalue weighted by atomic mass is 10.1. The molecular weight excluding hydrogens is 245 g/mol. The minimum Gasteiger partial charge on any atom is -0.491 e. The minimum absolute atomic E-state index is 0.355. The Bertz CT molecular complexity index is 346. The number of halogens is 3. The monoisotopic (exact) mass is 262 g/mol. The SMILES string of the molecule is CCCc1ccc(OCC(O)CC(F)(F)F)cc1. The van der Waals surface area contributed by atoms with Crippen LogP contribution in [-0.2, 0) is 6.42 Å². The second-order valence-electron chi connectivity index (χ2n) is 4.18. The van der Waals surface area contributed by atoms with Crippen molar-refractivity contribution in [3.05, 3.63) is 29.8 Å². The van der Waals surface area contributed by atoms with Crippen LogP contribution in [-0.4, -0.2) is 24.0 Å². The van der Waals surface area contributed by atoms with Crippen molar-refractivity contribution in [2.45, 2.75) is 38.5 Å². The zero-order chi connectivity index (χ0) is 13.6. The first kappa shape index (κ1) is 14.8. The molecule has 2 nitrogen and oxygen atoms in total. The van der Waals surface area contributed by atoms with E-state index in [1.54, 1.807) is 12.1 Å². The number of aliphatic hydroxyl groups excluding tert-OH is 1. The average molecular weight is 262 g/mol. The first-order valence-corrected chi connectivity index (χ1v) is 5.87. The van der Waals surface area contributed by atoms with Crippen LogP contribution in [0, 0.1) is 0 Å². The smallest absolute Gasteiger partial charge is 0.391 e. The summed E-state index contributed by atoms with van der Waals surface area (Å²) in [6.07, 6.45) is -5.16. The van der Waals surface area contributed by atoms with Crippen LogP contribution in [0.4, 0.5) is 13.2 Å². The van der Waals surface area contributed by atoms with Crippen molar-refractivity contribution in [1.29, 1.82) is 0 Å². The number of alkyl halides is 3. The molecule has 0 saturated heterocycles. The molecule has 0 heterocycles. The van der Waals surface area contributed by atoms with E-state index in [2.05, 4.69) is 6.92 Å². The molecule has 1 N–H and O–H groups in total. The lowest BCUT2D eigenvalue weighted by Gasteiger charge is -2.14. The number of rotatable bonds is 6. The predicted molar refractivity (Wildman–Crippen MR) is 62.6 cm³/mol. The van der Waals surface area contributed by atoms with Gasteiger partial charge in [0.1, 0.15) is 12.4 Å². The fourth-order valence-corrected chi connectivity index (χ4v) is 1.56. The van der Waals surface area contributed by atoms with Gasteiger partial charge >= 0.3 is 6.18 Å². The van der Waals surface area contributed by atoms with Gasteiger partial charge in [0.15, 0.2) is 0 Å². The molecule has 18 heavy (non-hydrogen) atoms. The van der Waals surface area contributed by atoms with Gasteiger partial charge in [-0.15, -0.1) is 0 Å². The van der Waals surface area contributed by atoms with Gasteiger partial charge in [0.2, 0.25) is 0 Å². The second kappa shape index (κ2) is 6.64. The molecule has 0 spiro atoms. The molecule has 0 aliphatic carbocycles. The van der Waals surface area contributed by atoms with Crippen molar-refractivity contribution in [3.63, 3.8) is 0 Å². The zero-order valence-corrected chi connectivity index (χ0v) is 10.2. The van der Waals surface area contributed by atoms with Gasteiger partial charge in [-0.3, -0.25) is 0 Å². The standard InChI is InChI=1S/C13H17F3O2/c1-2-3-10-4-6-12(7-5-10)18-9-11(17)8-13(14,15)16/h4-7,11,17H,2-3,8-9H2,1H3. The molecule has 0 aliphatic heterocycles. The van der Waals surface area contributed by atoms with Crippen molar-refractivity contribution in [2.24, 2.45) is 0 Å². The molecule has 0 saturated carbocycles. The Kier molecular flexibility index (Phi) is 5.47. The Morgan fingerprint density at radius 2 is 1.83 bits per heavy atom. The van der Waals surface area contributed by atoms with E-state index in [-0.39, 0.29) is 6.61 Å². The average Bonchev–Trinajstić information content (AvgIpc) is 2.26. The molecular formula is C13H17F3O2. The molecule has 0 radical (unpaired) electrons. The highest BCUT2D eigenvalue weighted by Crippen LogP contribution is 2.22. The number of hydrogen-bond donors (Lipinski definition) is 1. The van der Waals surface area contributed by atoms with Crippen molar-refractivity contribution in [3.8, 4) is 5.75 Å². The summed E-state index contributed by atoms with van der Waals surface area (Å²) in [6, 6.07) is 7.14. The molecule has 5 heteroatoms. The summed E-state index contributed by atoms with van der Waals surface area (Å²) in [5.41, 5.74) is 1.15. The maximum absolute atomic E-state index is 12.0. The third-order valence-corrected chi connectivity index (χ3v) is 2.37. The van der Waals surface area contributed by atoms with Crippen LogP contribution in [0.5, 0.6) is 5.75 Å². The zero-order valence-electron chi connectivity index (χ0n) is 10.2. The molecule has 102 valence electrons. The number of aryl methyl sites for hydroxylation is 1. The van der Waals surface area contributed by atoms with Gasteiger partial charge in [-0.25, -0.2) is 0 Å². The summed E-state index contributed by atoms with van der Waals surface area (Å²) >= 11 is 0. The van der Waals surface area contributed by atoms with Crippen molar-refractivity contribution < 1.29 is 23.0 Å². The van der Waals surface area contributed by atoms with E-state index in [4.69, 9.17) is 9.84 Å². The Morgan fingerprint density at radius 3 is 2.33 bits per heavy atom. The van der Waals surface area contributed by atoms with Crippen LogP contribution in [0.15, 0.2) is 24.3 Å². The van der Waals surface area contributed by atoms with E-state index in [1.165, 1.54) is 0 Å². The molecule has 1 aromatic rings. The first-order valence-electron chi connectivity index (χ1n) is 5.87. The van der Waals surface area contributed by atoms with Gasteiger partial charge in [-0.1, -0.05) is 25.5 Å². The maximum Gasteiger partial charge on any atom is 0.391 e. The van der Waals surface area contributed by atoms with Crippen molar-refractivity contribution in [1.82, 2.24) is 0 Å². The summed E-state index contributed by atoms with van der Waals surface area (Å²) < 4.78 is 41.0. The van der Waals surface area contributed by atoms with E-state index in [0.29, 0.717) is 5.75 Å². The minimum atomic E-state index is -4.37. The van der Waals surface area contributed by atoms with Crippen LogP contribution in [0.1, 0.15) is 25.3 Å². The lowest BCUT2D eigenvalue weighted by Crippen LogP contribution is -2.25. The van der Waals surface area contributed by atoms with Gasteiger partial charge in [0, 0.05) is 0 Å². The van der Waals surface area contributed by atoms with Gasteiger partial charge in [0.05, 0.1) is 12.5 Å². The number of hydrogen-bond acceptors (Lipinski definition) is 2. The molecule has 0 bridgehead atoms. The maximum atomic E-state index is 12.0. The highest BCUT2D eigenvalue weighted by Gasteiger charge is 2.31. The fraction of sp³-hybridized carbons (Fsp3) is 0.538. The van der Waals surface area contributed by atoms with Crippen LogP contribution in [0.2, 0.25) is 0 Å². The molecule has 0 aliphatic rings. The van der Waals surface area contributed by atoms with Gasteiger partial charge in [-0.05, 0) is 24.1 Å². The molecule has 0 amide bonds. The summed E-state index contributed by atoms with van der Waals surface area (Å²) in [6.45, 7) is 1.71. The largest absolute Gasteiger partial charge is 0.491 e. The number of aliphatic hydroxyl groups is 1. The highest BCUT2D eigenvalue weighted by molar-refractivity contribution is 5.27. The van der Waals surface area contributed by atoms with Gasteiger partial charge in [-0.2, -0.15) is 13.2 Å². The number of ether oxygens (including phenoxy) is 1. The fourth-order valence-electron chi connectivity index (χ4n) is 1.56. The van der Waals surface area contributed by atoms with E-state index in [0.717, 1.165) is 18.4 Å². The molecule has 1 atom stereocenters. The molecule has 0 aromatic heterocycles. The molecule has 1 unspecified atom stereocenters. The molecule has 1 aromatic carbocycles. The van der Waals surface area contributed by atoms with Gasteiger partial charge in [0.25, 0.3) is 0 Å². The van der Waals surface area contributed by atoms with Crippen LogP contribution in [0.25, 0.3) is 0 Å². The molecule has 0 fully saturated rings. The van der Waals surface area contributed by atoms with Crippen LogP contribution < -0.4 is 4.74 Å². The Hall–Kier alpha value is -1.23. The van der Waals surface area contributed by atoms with Crippen molar-refractivity contribution in [2.75, 3.05) is 6.61 Å².